The van der Waals surface area contributed by atoms with Crippen LogP contribution in [0.2, 0.25) is 0 Å². The van der Waals surface area contributed by atoms with Gasteiger partial charge in [0.2, 0.25) is 0 Å². The number of nitrogens with zero attached hydrogens (tertiary/aromatic N) is 2. The van der Waals surface area contributed by atoms with Crippen LogP contribution in [0.5, 0.6) is 5.75 Å². The van der Waals surface area contributed by atoms with Crippen molar-refractivity contribution in [2.24, 2.45) is 0 Å². The monoisotopic (exact) mass is 166 g/mol. The molecule has 0 aromatic carbocycles. The summed E-state index contributed by atoms with van der Waals surface area (Å²) in [5.41, 5.74) is 0. The third-order valence-electron chi connectivity index (χ3n) is 1.03. The molecule has 5 nitrogen and oxygen atoms in total. The average molecular weight is 166 g/mol. The second-order valence-corrected chi connectivity index (χ2v) is 1.97. The highest BCUT2D eigenvalue weighted by atomic mass is 16.4. The highest BCUT2D eigenvalue weighted by Crippen LogP contribution is 2.02. The van der Waals surface area contributed by atoms with E-state index in [-0.39, 0.29) is 11.6 Å². The molecule has 12 heavy (non-hydrogen) atoms. The first-order valence-corrected chi connectivity index (χ1v) is 3.10. The number of rotatable bonds is 2. The lowest BCUT2D eigenvalue weighted by atomic mass is 10.4. The molecular weight excluding hydrogens is 160 g/mol. The summed E-state index contributed by atoms with van der Waals surface area (Å²) in [6, 6.07) is 0. The predicted molar refractivity (Wildman–Crippen MR) is 40.4 cm³/mol. The van der Waals surface area contributed by atoms with E-state index in [2.05, 4.69) is 9.97 Å². The summed E-state index contributed by atoms with van der Waals surface area (Å²) < 4.78 is 0. The van der Waals surface area contributed by atoms with E-state index in [1.54, 1.807) is 0 Å². The first-order valence-electron chi connectivity index (χ1n) is 3.10. The lowest BCUT2D eigenvalue weighted by Crippen LogP contribution is -1.89. The van der Waals surface area contributed by atoms with Crippen LogP contribution in [-0.2, 0) is 4.79 Å². The Labute approximate surface area is 68.0 Å². The molecule has 5 heteroatoms. The smallest absolute Gasteiger partial charge is 0.328 e. The van der Waals surface area contributed by atoms with Crippen molar-refractivity contribution in [3.8, 4) is 5.75 Å². The van der Waals surface area contributed by atoms with E-state index in [1.807, 2.05) is 0 Å². The molecule has 1 heterocycles. The first-order chi connectivity index (χ1) is 5.68. The van der Waals surface area contributed by atoms with E-state index < -0.39 is 5.97 Å². The SMILES string of the molecule is O=C(O)C=Cc1ncc(O)cn1. The summed E-state index contributed by atoms with van der Waals surface area (Å²) in [4.78, 5) is 17.3. The van der Waals surface area contributed by atoms with Crippen LogP contribution in [0.3, 0.4) is 0 Å². The standard InChI is InChI=1S/C7H6N2O3/c10-5-3-8-6(9-4-5)1-2-7(11)12/h1-4,10H,(H,11,12). The Kier molecular flexibility index (Phi) is 2.37. The van der Waals surface area contributed by atoms with E-state index in [4.69, 9.17) is 10.2 Å². The van der Waals surface area contributed by atoms with Crippen LogP contribution in [-0.4, -0.2) is 26.2 Å². The maximum Gasteiger partial charge on any atom is 0.328 e. The van der Waals surface area contributed by atoms with E-state index in [1.165, 1.54) is 18.5 Å². The number of hydrogen-bond donors (Lipinski definition) is 2. The number of hydrogen-bond acceptors (Lipinski definition) is 4. The Morgan fingerprint density at radius 3 is 2.50 bits per heavy atom. The van der Waals surface area contributed by atoms with Crippen molar-refractivity contribution in [2.45, 2.75) is 0 Å². The van der Waals surface area contributed by atoms with Gasteiger partial charge in [-0.25, -0.2) is 14.8 Å². The molecular formula is C7H6N2O3. The van der Waals surface area contributed by atoms with Crippen LogP contribution in [0, 0.1) is 0 Å². The van der Waals surface area contributed by atoms with Crippen molar-refractivity contribution in [1.29, 1.82) is 0 Å². The molecule has 62 valence electrons. The van der Waals surface area contributed by atoms with Crippen molar-refractivity contribution in [3.63, 3.8) is 0 Å². The summed E-state index contributed by atoms with van der Waals surface area (Å²) >= 11 is 0. The van der Waals surface area contributed by atoms with Gasteiger partial charge in [-0.3, -0.25) is 0 Å². The fraction of sp³-hybridized carbons (Fsp3) is 0. The lowest BCUT2D eigenvalue weighted by molar-refractivity contribution is -0.131. The Balaban J connectivity index is 2.77. The number of aromatic nitrogens is 2. The minimum absolute atomic E-state index is 0.0533. The minimum Gasteiger partial charge on any atom is -0.505 e. The van der Waals surface area contributed by atoms with Gasteiger partial charge in [-0.15, -0.1) is 0 Å². The zero-order valence-corrected chi connectivity index (χ0v) is 6.01. The number of aliphatic carboxylic acids is 1. The van der Waals surface area contributed by atoms with E-state index in [9.17, 15) is 4.79 Å². The molecule has 0 saturated carbocycles. The zero-order chi connectivity index (χ0) is 8.97. The number of aromatic hydroxyl groups is 1. The fourth-order valence-electron chi connectivity index (χ4n) is 0.563. The third-order valence-corrected chi connectivity index (χ3v) is 1.03. The van der Waals surface area contributed by atoms with Gasteiger partial charge >= 0.3 is 5.97 Å². The quantitative estimate of drug-likeness (QED) is 0.616. The normalized spacial score (nSPS) is 10.3. The van der Waals surface area contributed by atoms with Crippen molar-refractivity contribution >= 4 is 12.0 Å². The largest absolute Gasteiger partial charge is 0.505 e. The van der Waals surface area contributed by atoms with E-state index >= 15 is 0 Å². The molecule has 0 aliphatic carbocycles. The second-order valence-electron chi connectivity index (χ2n) is 1.97. The van der Waals surface area contributed by atoms with Gasteiger partial charge in [-0.05, 0) is 6.08 Å². The molecule has 0 aliphatic rings. The number of carboxylic acids is 1. The van der Waals surface area contributed by atoms with Crippen LogP contribution < -0.4 is 0 Å². The molecule has 0 spiro atoms. The van der Waals surface area contributed by atoms with E-state index in [0.717, 1.165) is 6.08 Å². The first kappa shape index (κ1) is 8.19. The van der Waals surface area contributed by atoms with Crippen molar-refractivity contribution in [2.75, 3.05) is 0 Å². The van der Waals surface area contributed by atoms with Crippen molar-refractivity contribution < 1.29 is 15.0 Å². The fourth-order valence-corrected chi connectivity index (χ4v) is 0.563. The Hall–Kier alpha value is -1.91. The van der Waals surface area contributed by atoms with Crippen LogP contribution >= 0.6 is 0 Å². The topological polar surface area (TPSA) is 83.3 Å². The van der Waals surface area contributed by atoms with Crippen LogP contribution in [0.25, 0.3) is 6.08 Å². The molecule has 0 bridgehead atoms. The van der Waals surface area contributed by atoms with Gasteiger partial charge < -0.3 is 10.2 Å². The summed E-state index contributed by atoms with van der Waals surface area (Å²) in [5.74, 6) is -0.871. The molecule has 1 aromatic rings. The molecule has 2 N–H and O–H groups in total. The molecule has 1 aromatic heterocycles. The van der Waals surface area contributed by atoms with Crippen molar-refractivity contribution in [1.82, 2.24) is 9.97 Å². The Morgan fingerprint density at radius 1 is 1.42 bits per heavy atom. The molecule has 1 rings (SSSR count). The van der Waals surface area contributed by atoms with Crippen LogP contribution in [0.1, 0.15) is 5.82 Å². The molecule has 0 atom stereocenters. The predicted octanol–water partition coefficient (Wildman–Crippen LogP) is 0.280. The van der Waals surface area contributed by atoms with Crippen LogP contribution in [0.15, 0.2) is 18.5 Å². The molecule has 0 saturated heterocycles. The zero-order valence-electron chi connectivity index (χ0n) is 6.01. The Morgan fingerprint density at radius 2 is 2.00 bits per heavy atom. The number of carbonyl (C=O) groups is 1. The molecule has 0 unspecified atom stereocenters. The third kappa shape index (κ3) is 2.37. The maximum absolute atomic E-state index is 10.0. The Bertz CT molecular complexity index is 305. The number of carboxylic acid groups (broad SMARTS) is 1. The lowest BCUT2D eigenvalue weighted by Gasteiger charge is -1.90. The highest BCUT2D eigenvalue weighted by molar-refractivity contribution is 5.84. The van der Waals surface area contributed by atoms with Gasteiger partial charge in [-0.2, -0.15) is 0 Å². The molecule has 0 amide bonds. The summed E-state index contributed by atoms with van der Waals surface area (Å²) in [6.07, 6.45) is 4.54. The van der Waals surface area contributed by atoms with Crippen LogP contribution in [0.4, 0.5) is 0 Å². The highest BCUT2D eigenvalue weighted by Gasteiger charge is 1.92. The van der Waals surface area contributed by atoms with E-state index in [0.29, 0.717) is 0 Å². The summed E-state index contributed by atoms with van der Waals surface area (Å²) in [6.45, 7) is 0. The van der Waals surface area contributed by atoms with Gasteiger partial charge in [-0.1, -0.05) is 0 Å². The molecule has 0 radical (unpaired) electrons. The molecule has 0 aliphatic heterocycles. The summed E-state index contributed by atoms with van der Waals surface area (Å²) in [7, 11) is 0. The second kappa shape index (κ2) is 3.47. The average Bonchev–Trinajstić information content (AvgIpc) is 2.03. The van der Waals surface area contributed by atoms with Gasteiger partial charge in [0.15, 0.2) is 11.6 Å². The van der Waals surface area contributed by atoms with Gasteiger partial charge in [0.1, 0.15) is 0 Å². The van der Waals surface area contributed by atoms with Gasteiger partial charge in [0.25, 0.3) is 0 Å². The van der Waals surface area contributed by atoms with Crippen molar-refractivity contribution in [3.05, 3.63) is 24.3 Å². The summed E-state index contributed by atoms with van der Waals surface area (Å²) in [5, 5.41) is 17.0. The maximum atomic E-state index is 10.0. The molecule has 0 fully saturated rings. The van der Waals surface area contributed by atoms with Gasteiger partial charge in [0.05, 0.1) is 12.4 Å². The minimum atomic E-state index is -1.06. The van der Waals surface area contributed by atoms with Gasteiger partial charge in [0, 0.05) is 6.08 Å².